The van der Waals surface area contributed by atoms with Gasteiger partial charge in [0.25, 0.3) is 0 Å². The van der Waals surface area contributed by atoms with Gasteiger partial charge in [0.15, 0.2) is 0 Å². The number of ether oxygens (including phenoxy) is 1. The van der Waals surface area contributed by atoms with E-state index in [2.05, 4.69) is 4.98 Å². The summed E-state index contributed by atoms with van der Waals surface area (Å²) in [5.41, 5.74) is 6.45. The molecule has 18 heavy (non-hydrogen) atoms. The van der Waals surface area contributed by atoms with E-state index in [1.807, 2.05) is 54.4 Å². The Morgan fingerprint density at radius 3 is 2.83 bits per heavy atom. The zero-order chi connectivity index (χ0) is 12.8. The van der Waals surface area contributed by atoms with Crippen molar-refractivity contribution < 1.29 is 4.74 Å². The summed E-state index contributed by atoms with van der Waals surface area (Å²) in [5.74, 6) is 1.72. The van der Waals surface area contributed by atoms with E-state index >= 15 is 0 Å². The van der Waals surface area contributed by atoms with Crippen LogP contribution in [0.1, 0.15) is 0 Å². The van der Waals surface area contributed by atoms with Crippen LogP contribution in [0.5, 0.6) is 5.75 Å². The maximum atomic E-state index is 5.51. The Kier molecular flexibility index (Phi) is 4.15. The van der Waals surface area contributed by atoms with Gasteiger partial charge in [0, 0.05) is 31.5 Å². The van der Waals surface area contributed by atoms with Crippen LogP contribution >= 0.6 is 0 Å². The van der Waals surface area contributed by atoms with Gasteiger partial charge in [0.05, 0.1) is 0 Å². The Labute approximate surface area is 107 Å². The van der Waals surface area contributed by atoms with Crippen molar-refractivity contribution in [3.8, 4) is 5.75 Å². The van der Waals surface area contributed by atoms with Crippen LogP contribution in [-0.2, 0) is 0 Å². The predicted molar refractivity (Wildman–Crippen MR) is 73.3 cm³/mol. The van der Waals surface area contributed by atoms with E-state index in [0.29, 0.717) is 13.2 Å². The van der Waals surface area contributed by atoms with Crippen molar-refractivity contribution in [3.05, 3.63) is 48.7 Å². The molecule has 2 N–H and O–H groups in total. The first-order valence-corrected chi connectivity index (χ1v) is 5.89. The molecule has 0 bridgehead atoms. The van der Waals surface area contributed by atoms with Crippen LogP contribution in [0.3, 0.4) is 0 Å². The van der Waals surface area contributed by atoms with Crippen molar-refractivity contribution in [2.24, 2.45) is 5.73 Å². The second-order valence-corrected chi connectivity index (χ2v) is 3.88. The molecule has 94 valence electrons. The van der Waals surface area contributed by atoms with Crippen molar-refractivity contribution >= 4 is 11.5 Å². The summed E-state index contributed by atoms with van der Waals surface area (Å²) in [6.07, 6.45) is 1.78. The number of nitrogens with two attached hydrogens (primary N) is 1. The lowest BCUT2D eigenvalue weighted by atomic mass is 10.2. The lowest BCUT2D eigenvalue weighted by Crippen LogP contribution is -2.12. The van der Waals surface area contributed by atoms with Crippen LogP contribution in [0.4, 0.5) is 11.5 Å². The third kappa shape index (κ3) is 2.99. The first-order chi connectivity index (χ1) is 8.81. The molecule has 0 aliphatic heterocycles. The average Bonchev–Trinajstić information content (AvgIpc) is 2.45. The van der Waals surface area contributed by atoms with E-state index in [-0.39, 0.29) is 0 Å². The van der Waals surface area contributed by atoms with Gasteiger partial charge < -0.3 is 15.4 Å². The minimum atomic E-state index is 0.514. The van der Waals surface area contributed by atoms with Crippen molar-refractivity contribution in [3.63, 3.8) is 0 Å². The van der Waals surface area contributed by atoms with Gasteiger partial charge in [-0.3, -0.25) is 0 Å². The highest BCUT2D eigenvalue weighted by molar-refractivity contribution is 5.60. The van der Waals surface area contributed by atoms with Crippen molar-refractivity contribution in [2.75, 3.05) is 25.1 Å². The second kappa shape index (κ2) is 6.02. The monoisotopic (exact) mass is 243 g/mol. The molecule has 0 spiro atoms. The third-order valence-electron chi connectivity index (χ3n) is 2.58. The molecule has 1 aromatic heterocycles. The largest absolute Gasteiger partial charge is 0.492 e. The van der Waals surface area contributed by atoms with Gasteiger partial charge >= 0.3 is 0 Å². The molecular weight excluding hydrogens is 226 g/mol. The molecule has 0 aliphatic rings. The molecule has 2 aromatic rings. The van der Waals surface area contributed by atoms with Crippen molar-refractivity contribution in [1.29, 1.82) is 0 Å². The molecule has 0 atom stereocenters. The molecular formula is C14H17N3O. The van der Waals surface area contributed by atoms with Crippen LogP contribution < -0.4 is 15.4 Å². The van der Waals surface area contributed by atoms with Crippen LogP contribution in [0.25, 0.3) is 0 Å². The molecule has 4 nitrogen and oxygen atoms in total. The van der Waals surface area contributed by atoms with Crippen molar-refractivity contribution in [1.82, 2.24) is 4.98 Å². The first kappa shape index (κ1) is 12.4. The number of anilines is 2. The summed E-state index contributed by atoms with van der Waals surface area (Å²) in [6, 6.07) is 13.7. The van der Waals surface area contributed by atoms with Crippen LogP contribution in [0.2, 0.25) is 0 Å². The third-order valence-corrected chi connectivity index (χ3v) is 2.58. The SMILES string of the molecule is CN(c1cccc(OCCN)c1)c1ccccn1. The van der Waals surface area contributed by atoms with Gasteiger partial charge in [-0.15, -0.1) is 0 Å². The predicted octanol–water partition coefficient (Wildman–Crippen LogP) is 2.19. The number of benzene rings is 1. The van der Waals surface area contributed by atoms with Gasteiger partial charge in [-0.1, -0.05) is 12.1 Å². The summed E-state index contributed by atoms with van der Waals surface area (Å²) >= 11 is 0. The molecule has 0 aliphatic carbocycles. The normalized spacial score (nSPS) is 10.1. The lowest BCUT2D eigenvalue weighted by Gasteiger charge is -2.18. The Morgan fingerprint density at radius 2 is 2.11 bits per heavy atom. The Bertz CT molecular complexity index is 487. The van der Waals surface area contributed by atoms with Gasteiger partial charge in [0.2, 0.25) is 0 Å². The Balaban J connectivity index is 2.17. The summed E-state index contributed by atoms with van der Waals surface area (Å²) in [6.45, 7) is 1.04. The van der Waals surface area contributed by atoms with E-state index in [1.54, 1.807) is 6.20 Å². The molecule has 0 amide bonds. The van der Waals surface area contributed by atoms with E-state index in [4.69, 9.17) is 10.5 Å². The second-order valence-electron chi connectivity index (χ2n) is 3.88. The number of pyridine rings is 1. The molecule has 0 radical (unpaired) electrons. The minimum absolute atomic E-state index is 0.514. The Hall–Kier alpha value is -2.07. The Morgan fingerprint density at radius 1 is 1.22 bits per heavy atom. The van der Waals surface area contributed by atoms with Gasteiger partial charge in [-0.05, 0) is 24.3 Å². The fourth-order valence-electron chi connectivity index (χ4n) is 1.64. The van der Waals surface area contributed by atoms with Crippen LogP contribution in [0.15, 0.2) is 48.7 Å². The maximum Gasteiger partial charge on any atom is 0.132 e. The molecule has 2 rings (SSSR count). The number of rotatable bonds is 5. The highest BCUT2D eigenvalue weighted by atomic mass is 16.5. The van der Waals surface area contributed by atoms with E-state index in [9.17, 15) is 0 Å². The highest BCUT2D eigenvalue weighted by Gasteiger charge is 2.05. The van der Waals surface area contributed by atoms with E-state index < -0.39 is 0 Å². The quantitative estimate of drug-likeness (QED) is 0.874. The number of hydrogen-bond acceptors (Lipinski definition) is 4. The summed E-state index contributed by atoms with van der Waals surface area (Å²) < 4.78 is 5.51. The first-order valence-electron chi connectivity index (χ1n) is 5.89. The van der Waals surface area contributed by atoms with Gasteiger partial charge in [-0.2, -0.15) is 0 Å². The molecule has 0 saturated carbocycles. The molecule has 0 fully saturated rings. The van der Waals surface area contributed by atoms with Crippen molar-refractivity contribution in [2.45, 2.75) is 0 Å². The zero-order valence-electron chi connectivity index (χ0n) is 10.4. The number of aromatic nitrogens is 1. The summed E-state index contributed by atoms with van der Waals surface area (Å²) in [7, 11) is 1.98. The topological polar surface area (TPSA) is 51.4 Å². The van der Waals surface area contributed by atoms with E-state index in [0.717, 1.165) is 17.3 Å². The summed E-state index contributed by atoms with van der Waals surface area (Å²) in [5, 5.41) is 0. The van der Waals surface area contributed by atoms with Gasteiger partial charge in [-0.25, -0.2) is 4.98 Å². The van der Waals surface area contributed by atoms with Crippen LogP contribution in [-0.4, -0.2) is 25.2 Å². The highest BCUT2D eigenvalue weighted by Crippen LogP contribution is 2.25. The molecule has 0 unspecified atom stereocenters. The average molecular weight is 243 g/mol. The molecule has 1 aromatic carbocycles. The van der Waals surface area contributed by atoms with Crippen LogP contribution in [0, 0.1) is 0 Å². The molecule has 0 saturated heterocycles. The fourth-order valence-corrected chi connectivity index (χ4v) is 1.64. The smallest absolute Gasteiger partial charge is 0.132 e. The standard InChI is InChI=1S/C14H17N3O/c1-17(14-7-2-3-9-16-14)12-5-4-6-13(11-12)18-10-8-15/h2-7,9,11H,8,10,15H2,1H3. The lowest BCUT2D eigenvalue weighted by molar-refractivity contribution is 0.328. The maximum absolute atomic E-state index is 5.51. The molecule has 1 heterocycles. The van der Waals surface area contributed by atoms with Gasteiger partial charge in [0.1, 0.15) is 18.2 Å². The number of hydrogen-bond donors (Lipinski definition) is 1. The molecule has 4 heteroatoms. The fraction of sp³-hybridized carbons (Fsp3) is 0.214. The van der Waals surface area contributed by atoms with E-state index in [1.165, 1.54) is 0 Å². The summed E-state index contributed by atoms with van der Waals surface area (Å²) in [4.78, 5) is 6.32. The zero-order valence-corrected chi connectivity index (χ0v) is 10.4. The number of nitrogens with zero attached hydrogens (tertiary/aromatic N) is 2. The minimum Gasteiger partial charge on any atom is -0.492 e.